The van der Waals surface area contributed by atoms with Gasteiger partial charge in [0.2, 0.25) is 0 Å². The molecule has 0 N–H and O–H groups in total. The van der Waals surface area contributed by atoms with Gasteiger partial charge in [0, 0.05) is 12.7 Å². The Morgan fingerprint density at radius 1 is 1.50 bits per heavy atom. The van der Waals surface area contributed by atoms with E-state index in [4.69, 9.17) is 16.3 Å². The summed E-state index contributed by atoms with van der Waals surface area (Å²) in [5, 5.41) is -0.232. The number of fused-ring (bicyclic) bond motifs is 1. The molecule has 0 saturated carbocycles. The zero-order chi connectivity index (χ0) is 14.3. The highest BCUT2D eigenvalue weighted by Gasteiger charge is 2.34. The largest absolute Gasteiger partial charge is 0.379 e. The molecule has 0 spiro atoms. The lowest BCUT2D eigenvalue weighted by Gasteiger charge is -2.37. The number of aromatic nitrogens is 2. The van der Waals surface area contributed by atoms with E-state index < -0.39 is 0 Å². The predicted molar refractivity (Wildman–Crippen MR) is 77.7 cm³/mol. The van der Waals surface area contributed by atoms with Crippen LogP contribution in [0, 0.1) is 5.82 Å². The average molecular weight is 297 g/mol. The van der Waals surface area contributed by atoms with E-state index >= 15 is 0 Å². The fraction of sp³-hybridized carbons (Fsp3) is 0.533. The fourth-order valence-corrected chi connectivity index (χ4v) is 3.15. The van der Waals surface area contributed by atoms with Crippen LogP contribution in [0.3, 0.4) is 0 Å². The van der Waals surface area contributed by atoms with E-state index in [2.05, 4.69) is 16.5 Å². The first-order valence-electron chi connectivity index (χ1n) is 6.91. The maximum Gasteiger partial charge on any atom is 0.128 e. The van der Waals surface area contributed by atoms with Crippen LogP contribution < -0.4 is 0 Å². The molecule has 108 valence electrons. The molecule has 2 aromatic rings. The van der Waals surface area contributed by atoms with Gasteiger partial charge in [-0.25, -0.2) is 9.37 Å². The van der Waals surface area contributed by atoms with Crippen molar-refractivity contribution in [2.75, 3.05) is 13.2 Å². The molecule has 1 fully saturated rings. The Balaban J connectivity index is 2.23. The Labute approximate surface area is 122 Å². The van der Waals surface area contributed by atoms with Crippen LogP contribution in [-0.4, -0.2) is 22.8 Å². The molecule has 5 heteroatoms. The van der Waals surface area contributed by atoms with Gasteiger partial charge >= 0.3 is 0 Å². The molecule has 1 aliphatic heterocycles. The quantitative estimate of drug-likeness (QED) is 0.783. The number of alkyl halides is 1. The van der Waals surface area contributed by atoms with E-state index in [9.17, 15) is 4.39 Å². The van der Waals surface area contributed by atoms with Crippen LogP contribution in [0.4, 0.5) is 4.39 Å². The van der Waals surface area contributed by atoms with Crippen molar-refractivity contribution in [2.45, 2.75) is 37.6 Å². The molecule has 1 aromatic heterocycles. The van der Waals surface area contributed by atoms with Gasteiger partial charge in [-0.15, -0.1) is 11.6 Å². The van der Waals surface area contributed by atoms with Crippen LogP contribution in [0.25, 0.3) is 11.0 Å². The summed E-state index contributed by atoms with van der Waals surface area (Å²) >= 11 is 6.28. The SMILES string of the molecule is CC(Cl)c1nc2cc(F)ccc2n1C1(C)CCCOC1. The number of nitrogens with zero attached hydrogens (tertiary/aromatic N) is 2. The highest BCUT2D eigenvalue weighted by molar-refractivity contribution is 6.20. The summed E-state index contributed by atoms with van der Waals surface area (Å²) in [7, 11) is 0. The number of hydrogen-bond donors (Lipinski definition) is 0. The normalized spacial score (nSPS) is 25.0. The average Bonchev–Trinajstić information content (AvgIpc) is 2.79. The lowest BCUT2D eigenvalue weighted by Crippen LogP contribution is -2.40. The molecular formula is C15H18ClFN2O. The van der Waals surface area contributed by atoms with Gasteiger partial charge in [-0.05, 0) is 38.8 Å². The summed E-state index contributed by atoms with van der Waals surface area (Å²) in [5.74, 6) is 0.501. The second kappa shape index (κ2) is 5.01. The van der Waals surface area contributed by atoms with Gasteiger partial charge in [0.25, 0.3) is 0 Å². The Morgan fingerprint density at radius 3 is 2.95 bits per heavy atom. The van der Waals surface area contributed by atoms with Crippen LogP contribution in [0.5, 0.6) is 0 Å². The standard InChI is InChI=1S/C15H18ClFN2O/c1-10(16)14-18-12-8-11(17)4-5-13(12)19(14)15(2)6-3-7-20-9-15/h4-5,8,10H,3,6-7,9H2,1-2H3. The molecule has 0 bridgehead atoms. The van der Waals surface area contributed by atoms with Crippen molar-refractivity contribution < 1.29 is 9.13 Å². The van der Waals surface area contributed by atoms with E-state index in [1.54, 1.807) is 6.07 Å². The summed E-state index contributed by atoms with van der Waals surface area (Å²) in [6.45, 7) is 5.47. The van der Waals surface area contributed by atoms with E-state index in [1.165, 1.54) is 12.1 Å². The first-order chi connectivity index (χ1) is 9.51. The second-order valence-electron chi connectivity index (χ2n) is 5.71. The highest BCUT2D eigenvalue weighted by atomic mass is 35.5. The molecule has 20 heavy (non-hydrogen) atoms. The predicted octanol–water partition coefficient (Wildman–Crippen LogP) is 4.00. The van der Waals surface area contributed by atoms with Crippen molar-refractivity contribution in [1.29, 1.82) is 0 Å². The van der Waals surface area contributed by atoms with Crippen molar-refractivity contribution in [1.82, 2.24) is 9.55 Å². The minimum absolute atomic E-state index is 0.177. The van der Waals surface area contributed by atoms with Gasteiger partial charge < -0.3 is 9.30 Å². The number of imidazole rings is 1. The molecule has 0 aliphatic carbocycles. The molecule has 1 aromatic carbocycles. The van der Waals surface area contributed by atoms with E-state index in [-0.39, 0.29) is 16.7 Å². The number of halogens is 2. The zero-order valence-electron chi connectivity index (χ0n) is 11.7. The van der Waals surface area contributed by atoms with Crippen molar-refractivity contribution >= 4 is 22.6 Å². The first-order valence-corrected chi connectivity index (χ1v) is 7.35. The minimum atomic E-state index is -0.277. The molecule has 0 radical (unpaired) electrons. The Morgan fingerprint density at radius 2 is 2.30 bits per heavy atom. The molecule has 1 saturated heterocycles. The third kappa shape index (κ3) is 2.21. The van der Waals surface area contributed by atoms with E-state index in [1.807, 2.05) is 6.92 Å². The van der Waals surface area contributed by atoms with Crippen LogP contribution >= 0.6 is 11.6 Å². The van der Waals surface area contributed by atoms with E-state index in [0.29, 0.717) is 12.1 Å². The number of rotatable bonds is 2. The summed E-state index contributed by atoms with van der Waals surface area (Å²) in [6, 6.07) is 4.71. The lowest BCUT2D eigenvalue weighted by molar-refractivity contribution is 0.0101. The highest BCUT2D eigenvalue weighted by Crippen LogP contribution is 2.35. The molecule has 1 aliphatic rings. The molecule has 0 amide bonds. The van der Waals surface area contributed by atoms with Gasteiger partial charge in [-0.2, -0.15) is 0 Å². The Kier molecular flexibility index (Phi) is 3.46. The third-order valence-corrected chi connectivity index (χ3v) is 4.15. The number of hydrogen-bond acceptors (Lipinski definition) is 2. The van der Waals surface area contributed by atoms with Crippen molar-refractivity contribution in [3.05, 3.63) is 29.8 Å². The van der Waals surface area contributed by atoms with Gasteiger partial charge in [0.15, 0.2) is 0 Å². The third-order valence-electron chi connectivity index (χ3n) is 3.96. The zero-order valence-corrected chi connectivity index (χ0v) is 12.5. The van der Waals surface area contributed by atoms with Gasteiger partial charge in [0.1, 0.15) is 11.6 Å². The van der Waals surface area contributed by atoms with Crippen molar-refractivity contribution in [3.63, 3.8) is 0 Å². The Hall–Kier alpha value is -1.13. The summed E-state index contributed by atoms with van der Waals surface area (Å²) in [4.78, 5) is 4.53. The summed E-state index contributed by atoms with van der Waals surface area (Å²) in [5.41, 5.74) is 1.39. The first kappa shape index (κ1) is 13.8. The van der Waals surface area contributed by atoms with Gasteiger partial charge in [0.05, 0.1) is 28.6 Å². The fourth-order valence-electron chi connectivity index (χ4n) is 3.00. The molecule has 2 atom stereocenters. The smallest absolute Gasteiger partial charge is 0.128 e. The lowest BCUT2D eigenvalue weighted by atomic mass is 9.94. The van der Waals surface area contributed by atoms with E-state index in [0.717, 1.165) is 30.8 Å². The maximum atomic E-state index is 13.4. The molecular weight excluding hydrogens is 279 g/mol. The molecule has 2 unspecified atom stereocenters. The minimum Gasteiger partial charge on any atom is -0.379 e. The van der Waals surface area contributed by atoms with Crippen LogP contribution in [0.15, 0.2) is 18.2 Å². The molecule has 3 rings (SSSR count). The van der Waals surface area contributed by atoms with Crippen LogP contribution in [0.2, 0.25) is 0 Å². The maximum absolute atomic E-state index is 13.4. The van der Waals surface area contributed by atoms with Crippen molar-refractivity contribution in [3.8, 4) is 0 Å². The van der Waals surface area contributed by atoms with Crippen LogP contribution in [0.1, 0.15) is 37.9 Å². The van der Waals surface area contributed by atoms with Crippen molar-refractivity contribution in [2.24, 2.45) is 0 Å². The van der Waals surface area contributed by atoms with Gasteiger partial charge in [-0.3, -0.25) is 0 Å². The Bertz CT molecular complexity index is 632. The van der Waals surface area contributed by atoms with Crippen LogP contribution in [-0.2, 0) is 10.3 Å². The number of ether oxygens (including phenoxy) is 1. The molecule has 3 nitrogen and oxygen atoms in total. The summed E-state index contributed by atoms with van der Waals surface area (Å²) in [6.07, 6.45) is 2.01. The van der Waals surface area contributed by atoms with Gasteiger partial charge in [-0.1, -0.05) is 0 Å². The summed E-state index contributed by atoms with van der Waals surface area (Å²) < 4.78 is 21.2. The number of benzene rings is 1. The molecule has 2 heterocycles. The monoisotopic (exact) mass is 296 g/mol. The second-order valence-corrected chi connectivity index (χ2v) is 6.36. The topological polar surface area (TPSA) is 27.1 Å².